The lowest BCUT2D eigenvalue weighted by atomic mass is 9.86. The van der Waals surface area contributed by atoms with Crippen LogP contribution in [0, 0.1) is 5.41 Å². The maximum atomic E-state index is 4.32. The van der Waals surface area contributed by atoms with Crippen LogP contribution in [0.4, 0.5) is 0 Å². The Morgan fingerprint density at radius 1 is 1.04 bits per heavy atom. The van der Waals surface area contributed by atoms with Crippen molar-refractivity contribution in [2.75, 3.05) is 13.6 Å². The number of aliphatic imine (C=N–C) groups is 1. The molecule has 0 aliphatic rings. The van der Waals surface area contributed by atoms with Crippen molar-refractivity contribution in [1.82, 2.24) is 15.6 Å². The average molecular weight is 466 g/mol. The zero-order valence-electron chi connectivity index (χ0n) is 16.0. The number of nitrogens with one attached hydrogen (secondary N) is 2. The minimum Gasteiger partial charge on any atom is -0.356 e. The number of guanidine groups is 1. The fourth-order valence-electron chi connectivity index (χ4n) is 2.72. The normalized spacial score (nSPS) is 11.6. The number of hydrogen-bond donors (Lipinski definition) is 2. The number of rotatable bonds is 8. The van der Waals surface area contributed by atoms with E-state index in [9.17, 15) is 0 Å². The van der Waals surface area contributed by atoms with Crippen LogP contribution in [-0.2, 0) is 13.0 Å². The zero-order valence-corrected chi connectivity index (χ0v) is 18.4. The molecule has 0 atom stereocenters. The first-order valence-electron chi connectivity index (χ1n) is 8.97. The quantitative estimate of drug-likeness (QED) is 0.344. The molecule has 0 bridgehead atoms. The van der Waals surface area contributed by atoms with Gasteiger partial charge in [0, 0.05) is 19.8 Å². The van der Waals surface area contributed by atoms with Crippen molar-refractivity contribution < 1.29 is 0 Å². The van der Waals surface area contributed by atoms with Gasteiger partial charge in [0.15, 0.2) is 5.96 Å². The molecule has 0 saturated heterocycles. The lowest BCUT2D eigenvalue weighted by Gasteiger charge is -2.26. The monoisotopic (exact) mass is 466 g/mol. The first-order valence-corrected chi connectivity index (χ1v) is 8.97. The predicted octanol–water partition coefficient (Wildman–Crippen LogP) is 4.41. The van der Waals surface area contributed by atoms with Crippen LogP contribution >= 0.6 is 24.0 Å². The third kappa shape index (κ3) is 8.65. The van der Waals surface area contributed by atoms with Crippen LogP contribution in [0.25, 0.3) is 0 Å². The molecule has 0 amide bonds. The highest BCUT2D eigenvalue weighted by atomic mass is 127. The summed E-state index contributed by atoms with van der Waals surface area (Å²) in [6.45, 7) is 6.17. The molecule has 2 aromatic rings. The molecule has 0 spiro atoms. The second-order valence-corrected chi connectivity index (χ2v) is 7.10. The summed E-state index contributed by atoms with van der Waals surface area (Å²) in [6.07, 6.45) is 5.31. The molecule has 0 fully saturated rings. The van der Waals surface area contributed by atoms with Gasteiger partial charge >= 0.3 is 0 Å². The first-order chi connectivity index (χ1) is 12.1. The van der Waals surface area contributed by atoms with Gasteiger partial charge in [-0.15, -0.1) is 24.0 Å². The minimum absolute atomic E-state index is 0. The largest absolute Gasteiger partial charge is 0.356 e. The van der Waals surface area contributed by atoms with Crippen molar-refractivity contribution in [3.63, 3.8) is 0 Å². The average Bonchev–Trinajstić information content (AvgIpc) is 2.63. The molecule has 26 heavy (non-hydrogen) atoms. The molecule has 5 heteroatoms. The molecule has 2 rings (SSSR count). The molecular weight excluding hydrogens is 435 g/mol. The first kappa shape index (κ1) is 22.4. The summed E-state index contributed by atoms with van der Waals surface area (Å²) in [6, 6.07) is 16.6. The maximum Gasteiger partial charge on any atom is 0.191 e. The zero-order chi connectivity index (χ0) is 18.0. The number of aryl methyl sites for hydroxylation is 1. The fourth-order valence-corrected chi connectivity index (χ4v) is 2.72. The molecule has 2 N–H and O–H groups in total. The van der Waals surface area contributed by atoms with E-state index in [0.29, 0.717) is 6.54 Å². The van der Waals surface area contributed by atoms with Crippen molar-refractivity contribution in [2.45, 2.75) is 39.7 Å². The summed E-state index contributed by atoms with van der Waals surface area (Å²) in [7, 11) is 1.80. The van der Waals surface area contributed by atoms with Gasteiger partial charge in [-0.25, -0.2) is 0 Å². The Balaban J connectivity index is 0.00000338. The Morgan fingerprint density at radius 3 is 2.42 bits per heavy atom. The van der Waals surface area contributed by atoms with Crippen LogP contribution in [0.2, 0.25) is 0 Å². The van der Waals surface area contributed by atoms with E-state index in [1.807, 2.05) is 24.4 Å². The highest BCUT2D eigenvalue weighted by Gasteiger charge is 2.18. The van der Waals surface area contributed by atoms with Gasteiger partial charge in [0.25, 0.3) is 0 Å². The summed E-state index contributed by atoms with van der Waals surface area (Å²) in [5.74, 6) is 0.821. The van der Waals surface area contributed by atoms with E-state index in [2.05, 4.69) is 64.8 Å². The Hall–Kier alpha value is -1.63. The summed E-state index contributed by atoms with van der Waals surface area (Å²) in [5, 5.41) is 6.76. The van der Waals surface area contributed by atoms with Crippen molar-refractivity contribution in [3.05, 3.63) is 66.0 Å². The molecule has 1 heterocycles. The van der Waals surface area contributed by atoms with E-state index in [1.165, 1.54) is 18.4 Å². The van der Waals surface area contributed by atoms with Gasteiger partial charge in [-0.3, -0.25) is 9.98 Å². The van der Waals surface area contributed by atoms with Crippen LogP contribution in [0.5, 0.6) is 0 Å². The van der Waals surface area contributed by atoms with Gasteiger partial charge in [-0.05, 0) is 42.4 Å². The molecule has 4 nitrogen and oxygen atoms in total. The molecule has 1 aromatic carbocycles. The number of pyridine rings is 1. The van der Waals surface area contributed by atoms with Crippen molar-refractivity contribution in [2.24, 2.45) is 10.4 Å². The Labute approximate surface area is 174 Å². The number of aromatic nitrogens is 1. The van der Waals surface area contributed by atoms with Crippen LogP contribution < -0.4 is 10.6 Å². The lowest BCUT2D eigenvalue weighted by molar-refractivity contribution is 0.323. The summed E-state index contributed by atoms with van der Waals surface area (Å²) >= 11 is 0. The summed E-state index contributed by atoms with van der Waals surface area (Å²) in [5.41, 5.74) is 2.64. The van der Waals surface area contributed by atoms with Gasteiger partial charge < -0.3 is 10.6 Å². The van der Waals surface area contributed by atoms with E-state index < -0.39 is 0 Å². The highest BCUT2D eigenvalue weighted by Crippen LogP contribution is 2.22. The number of benzene rings is 1. The van der Waals surface area contributed by atoms with Gasteiger partial charge in [0.1, 0.15) is 0 Å². The Bertz CT molecular complexity index is 642. The van der Waals surface area contributed by atoms with Crippen LogP contribution in [-0.4, -0.2) is 24.5 Å². The topological polar surface area (TPSA) is 49.3 Å². The standard InChI is InChI=1S/C21H30N4.HI/c1-21(2,14-9-12-18-10-5-4-6-11-18)17-25-20(22-3)24-16-19-13-7-8-15-23-19;/h4-8,10-11,13,15H,9,12,14,16-17H2,1-3H3,(H2,22,24,25);1H. The van der Waals surface area contributed by atoms with Crippen molar-refractivity contribution in [1.29, 1.82) is 0 Å². The third-order valence-corrected chi connectivity index (χ3v) is 4.28. The van der Waals surface area contributed by atoms with Gasteiger partial charge in [-0.2, -0.15) is 0 Å². The fraction of sp³-hybridized carbons (Fsp3) is 0.429. The maximum absolute atomic E-state index is 4.32. The van der Waals surface area contributed by atoms with E-state index in [0.717, 1.165) is 24.6 Å². The molecule has 1 aromatic heterocycles. The second kappa shape index (κ2) is 11.9. The minimum atomic E-state index is 0. The summed E-state index contributed by atoms with van der Waals surface area (Å²) in [4.78, 5) is 8.62. The smallest absolute Gasteiger partial charge is 0.191 e. The Morgan fingerprint density at radius 2 is 1.77 bits per heavy atom. The molecule has 0 radical (unpaired) electrons. The molecule has 0 aliphatic carbocycles. The van der Waals surface area contributed by atoms with Crippen molar-refractivity contribution in [3.8, 4) is 0 Å². The predicted molar refractivity (Wildman–Crippen MR) is 121 cm³/mol. The van der Waals surface area contributed by atoms with E-state index in [1.54, 1.807) is 7.05 Å². The number of nitrogens with zero attached hydrogens (tertiary/aromatic N) is 2. The molecule has 0 saturated carbocycles. The van der Waals surface area contributed by atoms with Crippen LogP contribution in [0.3, 0.4) is 0 Å². The number of halogens is 1. The SMILES string of the molecule is CN=C(NCc1ccccn1)NCC(C)(C)CCCc1ccccc1.I. The Kier molecular flexibility index (Phi) is 10.2. The molecule has 0 unspecified atom stereocenters. The van der Waals surface area contributed by atoms with Gasteiger partial charge in [0.05, 0.1) is 12.2 Å². The molecular formula is C21H31IN4. The van der Waals surface area contributed by atoms with E-state index >= 15 is 0 Å². The van der Waals surface area contributed by atoms with Gasteiger partial charge in [-0.1, -0.05) is 50.2 Å². The van der Waals surface area contributed by atoms with Crippen molar-refractivity contribution >= 4 is 29.9 Å². The van der Waals surface area contributed by atoms with Gasteiger partial charge in [0.2, 0.25) is 0 Å². The number of hydrogen-bond acceptors (Lipinski definition) is 2. The molecule has 142 valence electrons. The second-order valence-electron chi connectivity index (χ2n) is 7.10. The van der Waals surface area contributed by atoms with Crippen LogP contribution in [0.1, 0.15) is 37.9 Å². The summed E-state index contributed by atoms with van der Waals surface area (Å²) < 4.78 is 0. The third-order valence-electron chi connectivity index (χ3n) is 4.28. The van der Waals surface area contributed by atoms with Crippen LogP contribution in [0.15, 0.2) is 59.7 Å². The molecule has 0 aliphatic heterocycles. The van der Waals surface area contributed by atoms with E-state index in [4.69, 9.17) is 0 Å². The van der Waals surface area contributed by atoms with E-state index in [-0.39, 0.29) is 29.4 Å². The lowest BCUT2D eigenvalue weighted by Crippen LogP contribution is -2.41. The highest BCUT2D eigenvalue weighted by molar-refractivity contribution is 14.0.